The number of piperazine rings is 1. The molecule has 0 spiro atoms. The number of anilines is 1. The summed E-state index contributed by atoms with van der Waals surface area (Å²) in [5.41, 5.74) is 0.684. The number of hydrogen-bond donors (Lipinski definition) is 2. The third-order valence-corrected chi connectivity index (χ3v) is 8.60. The fourth-order valence-corrected chi connectivity index (χ4v) is 6.38. The standard InChI is InChI=1S/C27H39N5O4/c1-3-30-13-15-31(16-14-30)20-9-7-19(8-10-20)25(34)29-27(11-5-4-6-12-27)26(35)32-17-21(28-2)24-23(32)22(33)18-36-24/h7-10,21,23-24,28H,3-6,11-18H2,1-2H3,(H,29,34)/t21-,23+,24+/m0/s1. The van der Waals surface area contributed by atoms with Gasteiger partial charge in [0.05, 0.1) is 6.04 Å². The largest absolute Gasteiger partial charge is 0.369 e. The van der Waals surface area contributed by atoms with Gasteiger partial charge in [-0.2, -0.15) is 0 Å². The van der Waals surface area contributed by atoms with Crippen LogP contribution in [0.5, 0.6) is 0 Å². The third-order valence-electron chi connectivity index (χ3n) is 8.60. The van der Waals surface area contributed by atoms with Crippen molar-refractivity contribution in [2.75, 3.05) is 57.8 Å². The van der Waals surface area contributed by atoms with Gasteiger partial charge in [0.2, 0.25) is 5.91 Å². The predicted molar refractivity (Wildman–Crippen MR) is 137 cm³/mol. The summed E-state index contributed by atoms with van der Waals surface area (Å²) in [4.78, 5) is 46.5. The summed E-state index contributed by atoms with van der Waals surface area (Å²) in [5, 5.41) is 6.34. The average Bonchev–Trinajstić information content (AvgIpc) is 3.49. The van der Waals surface area contributed by atoms with Crippen molar-refractivity contribution in [3.8, 4) is 0 Å². The first-order valence-corrected chi connectivity index (χ1v) is 13.5. The molecule has 196 valence electrons. The van der Waals surface area contributed by atoms with Crippen LogP contribution in [0.3, 0.4) is 0 Å². The Hall–Kier alpha value is -2.49. The molecule has 1 saturated carbocycles. The second-order valence-electron chi connectivity index (χ2n) is 10.6. The molecule has 9 nitrogen and oxygen atoms in total. The number of likely N-dealkylation sites (tertiary alicyclic amines) is 1. The van der Waals surface area contributed by atoms with E-state index in [1.165, 1.54) is 0 Å². The zero-order valence-corrected chi connectivity index (χ0v) is 21.5. The highest BCUT2D eigenvalue weighted by Crippen LogP contribution is 2.35. The van der Waals surface area contributed by atoms with E-state index in [1.807, 2.05) is 31.3 Å². The molecular weight excluding hydrogens is 458 g/mol. The van der Waals surface area contributed by atoms with E-state index >= 15 is 0 Å². The molecule has 36 heavy (non-hydrogen) atoms. The van der Waals surface area contributed by atoms with Crippen LogP contribution in [-0.4, -0.2) is 104 Å². The van der Waals surface area contributed by atoms with Gasteiger partial charge in [-0.25, -0.2) is 0 Å². The van der Waals surface area contributed by atoms with Gasteiger partial charge in [0.15, 0.2) is 5.78 Å². The van der Waals surface area contributed by atoms with Crippen molar-refractivity contribution in [2.45, 2.75) is 62.8 Å². The summed E-state index contributed by atoms with van der Waals surface area (Å²) in [6, 6.07) is 7.06. The van der Waals surface area contributed by atoms with E-state index < -0.39 is 11.6 Å². The van der Waals surface area contributed by atoms with Crippen LogP contribution in [-0.2, 0) is 14.3 Å². The van der Waals surface area contributed by atoms with E-state index in [0.29, 0.717) is 24.9 Å². The number of ether oxygens (including phenoxy) is 1. The first-order chi connectivity index (χ1) is 17.5. The smallest absolute Gasteiger partial charge is 0.252 e. The van der Waals surface area contributed by atoms with Crippen molar-refractivity contribution >= 4 is 23.3 Å². The number of amides is 2. The Balaban J connectivity index is 1.31. The number of nitrogens with one attached hydrogen (secondary N) is 2. The zero-order chi connectivity index (χ0) is 25.3. The highest BCUT2D eigenvalue weighted by atomic mass is 16.5. The second-order valence-corrected chi connectivity index (χ2v) is 10.6. The summed E-state index contributed by atoms with van der Waals surface area (Å²) in [6.07, 6.45) is 3.63. The Bertz CT molecular complexity index is 969. The quantitative estimate of drug-likeness (QED) is 0.606. The Morgan fingerprint density at radius 1 is 1.06 bits per heavy atom. The number of fused-ring (bicyclic) bond motifs is 1. The van der Waals surface area contributed by atoms with E-state index in [2.05, 4.69) is 27.4 Å². The normalized spacial score (nSPS) is 28.3. The minimum atomic E-state index is -0.986. The number of carbonyl (C=O) groups excluding carboxylic acids is 3. The SMILES string of the molecule is CCN1CCN(c2ccc(C(=O)NC3(C(=O)N4C[C@H](NC)[C@H]5OCC(=O)[C@H]54)CCCCC3)cc2)CC1. The lowest BCUT2D eigenvalue weighted by molar-refractivity contribution is -0.143. The van der Waals surface area contributed by atoms with Gasteiger partial charge in [-0.1, -0.05) is 26.2 Å². The molecule has 5 rings (SSSR count). The van der Waals surface area contributed by atoms with E-state index in [-0.39, 0.29) is 36.4 Å². The molecule has 1 aliphatic carbocycles. The number of carbonyl (C=O) groups is 3. The highest BCUT2D eigenvalue weighted by Gasteiger charge is 2.55. The first kappa shape index (κ1) is 25.2. The molecular formula is C27H39N5O4. The fraction of sp³-hybridized carbons (Fsp3) is 0.667. The highest BCUT2D eigenvalue weighted by molar-refractivity contribution is 6.01. The molecule has 0 bridgehead atoms. The topological polar surface area (TPSA) is 94.2 Å². The Kier molecular flexibility index (Phi) is 7.32. The van der Waals surface area contributed by atoms with Gasteiger partial charge in [-0.05, 0) is 50.7 Å². The summed E-state index contributed by atoms with van der Waals surface area (Å²) >= 11 is 0. The zero-order valence-electron chi connectivity index (χ0n) is 21.5. The van der Waals surface area contributed by atoms with Crippen LogP contribution in [0.1, 0.15) is 49.4 Å². The van der Waals surface area contributed by atoms with E-state index in [1.54, 1.807) is 4.90 Å². The number of hydrogen-bond acceptors (Lipinski definition) is 7. The third kappa shape index (κ3) is 4.64. The van der Waals surface area contributed by atoms with Crippen molar-refractivity contribution in [3.63, 3.8) is 0 Å². The molecule has 3 aliphatic heterocycles. The number of ketones is 1. The van der Waals surface area contributed by atoms with Crippen molar-refractivity contribution in [1.82, 2.24) is 20.4 Å². The molecule has 4 fully saturated rings. The number of rotatable bonds is 6. The molecule has 1 aromatic carbocycles. The Morgan fingerprint density at radius 3 is 2.39 bits per heavy atom. The number of nitrogens with zero attached hydrogens (tertiary/aromatic N) is 3. The average molecular weight is 498 g/mol. The van der Waals surface area contributed by atoms with Crippen LogP contribution in [0.15, 0.2) is 24.3 Å². The molecule has 9 heteroatoms. The Labute approximate surface area is 213 Å². The number of benzene rings is 1. The summed E-state index contributed by atoms with van der Waals surface area (Å²) < 4.78 is 5.72. The summed E-state index contributed by atoms with van der Waals surface area (Å²) in [5.74, 6) is -0.436. The first-order valence-electron chi connectivity index (χ1n) is 13.5. The second kappa shape index (κ2) is 10.5. The molecule has 0 unspecified atom stereocenters. The molecule has 2 amide bonds. The molecule has 1 aromatic rings. The molecule has 3 heterocycles. The van der Waals surface area contributed by atoms with Gasteiger partial charge in [-0.15, -0.1) is 0 Å². The van der Waals surface area contributed by atoms with E-state index in [4.69, 9.17) is 4.74 Å². The van der Waals surface area contributed by atoms with Gasteiger partial charge in [0.1, 0.15) is 24.3 Å². The molecule has 3 atom stereocenters. The monoisotopic (exact) mass is 497 g/mol. The van der Waals surface area contributed by atoms with E-state index in [0.717, 1.165) is 57.7 Å². The minimum Gasteiger partial charge on any atom is -0.369 e. The van der Waals surface area contributed by atoms with Crippen LogP contribution >= 0.6 is 0 Å². The summed E-state index contributed by atoms with van der Waals surface area (Å²) in [7, 11) is 1.83. The maximum atomic E-state index is 14.0. The van der Waals surface area contributed by atoms with E-state index in [9.17, 15) is 14.4 Å². The van der Waals surface area contributed by atoms with Crippen molar-refractivity contribution < 1.29 is 19.1 Å². The molecule has 0 aromatic heterocycles. The van der Waals surface area contributed by atoms with Crippen molar-refractivity contribution in [3.05, 3.63) is 29.8 Å². The predicted octanol–water partition coefficient (Wildman–Crippen LogP) is 1.03. The van der Waals surface area contributed by atoms with Crippen LogP contribution in [0.2, 0.25) is 0 Å². The van der Waals surface area contributed by atoms with Gasteiger partial charge in [0, 0.05) is 44.0 Å². The molecule has 0 radical (unpaired) electrons. The van der Waals surface area contributed by atoms with Crippen molar-refractivity contribution in [2.24, 2.45) is 0 Å². The number of Topliss-reactive ketones (excluding diaryl/α,β-unsaturated/α-hetero) is 1. The van der Waals surface area contributed by atoms with Gasteiger partial charge >= 0.3 is 0 Å². The molecule has 3 saturated heterocycles. The molecule has 4 aliphatic rings. The lowest BCUT2D eigenvalue weighted by Gasteiger charge is -2.40. The van der Waals surface area contributed by atoms with Gasteiger partial charge in [-0.3, -0.25) is 14.4 Å². The van der Waals surface area contributed by atoms with Crippen LogP contribution < -0.4 is 15.5 Å². The Morgan fingerprint density at radius 2 is 1.75 bits per heavy atom. The maximum absolute atomic E-state index is 14.0. The van der Waals surface area contributed by atoms with Crippen LogP contribution in [0.25, 0.3) is 0 Å². The summed E-state index contributed by atoms with van der Waals surface area (Å²) in [6.45, 7) is 7.75. The fourth-order valence-electron chi connectivity index (χ4n) is 6.38. The lowest BCUT2D eigenvalue weighted by Crippen LogP contribution is -2.62. The van der Waals surface area contributed by atoms with Crippen LogP contribution in [0, 0.1) is 0 Å². The maximum Gasteiger partial charge on any atom is 0.252 e. The lowest BCUT2D eigenvalue weighted by atomic mass is 9.80. The van der Waals surface area contributed by atoms with Gasteiger partial charge < -0.3 is 30.1 Å². The van der Waals surface area contributed by atoms with Crippen LogP contribution in [0.4, 0.5) is 5.69 Å². The van der Waals surface area contributed by atoms with Crippen molar-refractivity contribution in [1.29, 1.82) is 0 Å². The number of likely N-dealkylation sites (N-methyl/N-ethyl adjacent to an activating group) is 2. The minimum absolute atomic E-state index is 0.0382. The van der Waals surface area contributed by atoms with Gasteiger partial charge in [0.25, 0.3) is 5.91 Å². The molecule has 2 N–H and O–H groups in total.